The number of ether oxygens (including phenoxy) is 1. The zero-order valence-corrected chi connectivity index (χ0v) is 19.2. The third kappa shape index (κ3) is 5.24. The van der Waals surface area contributed by atoms with Crippen molar-refractivity contribution in [3.05, 3.63) is 53.6 Å². The molecule has 0 aliphatic carbocycles. The van der Waals surface area contributed by atoms with Gasteiger partial charge in [0.05, 0.1) is 30.1 Å². The van der Waals surface area contributed by atoms with E-state index in [9.17, 15) is 21.6 Å². The minimum atomic E-state index is -3.74. The Hall–Kier alpha value is -2.47. The number of sulfonamides is 2. The van der Waals surface area contributed by atoms with Crippen molar-refractivity contribution in [2.45, 2.75) is 11.8 Å². The number of benzene rings is 2. The van der Waals surface area contributed by atoms with Crippen LogP contribution in [0.4, 0.5) is 11.4 Å². The Morgan fingerprint density at radius 3 is 2.39 bits per heavy atom. The molecule has 11 heteroatoms. The summed E-state index contributed by atoms with van der Waals surface area (Å²) in [7, 11) is -5.78. The van der Waals surface area contributed by atoms with Gasteiger partial charge in [-0.05, 0) is 42.8 Å². The lowest BCUT2D eigenvalue weighted by Crippen LogP contribution is -2.40. The summed E-state index contributed by atoms with van der Waals surface area (Å²) in [6.45, 7) is 2.90. The van der Waals surface area contributed by atoms with E-state index in [0.29, 0.717) is 30.2 Å². The van der Waals surface area contributed by atoms with Crippen molar-refractivity contribution in [2.75, 3.05) is 49.2 Å². The summed E-state index contributed by atoms with van der Waals surface area (Å²) >= 11 is 0. The Bertz CT molecular complexity index is 1190. The maximum absolute atomic E-state index is 12.9. The summed E-state index contributed by atoms with van der Waals surface area (Å²) in [5.41, 5.74) is 1.61. The Balaban J connectivity index is 1.87. The zero-order valence-electron chi connectivity index (χ0n) is 17.5. The number of aryl methyl sites for hydroxylation is 1. The number of hydrogen-bond donors (Lipinski definition) is 1. The van der Waals surface area contributed by atoms with Crippen molar-refractivity contribution < 1.29 is 26.4 Å². The monoisotopic (exact) mass is 467 g/mol. The summed E-state index contributed by atoms with van der Waals surface area (Å²) < 4.78 is 57.0. The molecule has 31 heavy (non-hydrogen) atoms. The molecule has 2 aromatic rings. The van der Waals surface area contributed by atoms with Crippen LogP contribution in [0.1, 0.15) is 15.9 Å². The maximum Gasteiger partial charge on any atom is 0.255 e. The van der Waals surface area contributed by atoms with Crippen LogP contribution in [0.5, 0.6) is 0 Å². The van der Waals surface area contributed by atoms with Crippen LogP contribution in [0.3, 0.4) is 0 Å². The Morgan fingerprint density at radius 1 is 1.06 bits per heavy atom. The summed E-state index contributed by atoms with van der Waals surface area (Å²) in [6, 6.07) is 10.8. The number of nitrogens with one attached hydrogen (secondary N) is 1. The molecule has 2 aromatic carbocycles. The van der Waals surface area contributed by atoms with Crippen LogP contribution in [-0.4, -0.2) is 66.7 Å². The molecule has 1 fully saturated rings. The number of rotatable bonds is 6. The normalized spacial score (nSPS) is 15.5. The average molecular weight is 468 g/mol. The summed E-state index contributed by atoms with van der Waals surface area (Å²) in [4.78, 5) is 12.9. The molecule has 0 radical (unpaired) electrons. The number of hydrogen-bond acceptors (Lipinski definition) is 6. The molecule has 0 spiro atoms. The van der Waals surface area contributed by atoms with Gasteiger partial charge in [-0.15, -0.1) is 0 Å². The van der Waals surface area contributed by atoms with Gasteiger partial charge >= 0.3 is 0 Å². The number of amides is 1. The van der Waals surface area contributed by atoms with Gasteiger partial charge in [-0.3, -0.25) is 9.10 Å². The van der Waals surface area contributed by atoms with Crippen LogP contribution in [0.25, 0.3) is 0 Å². The van der Waals surface area contributed by atoms with E-state index >= 15 is 0 Å². The third-order valence-corrected chi connectivity index (χ3v) is 8.13. The van der Waals surface area contributed by atoms with Crippen molar-refractivity contribution in [3.8, 4) is 0 Å². The summed E-state index contributed by atoms with van der Waals surface area (Å²) in [5.74, 6) is -0.490. The second-order valence-corrected chi connectivity index (χ2v) is 11.2. The van der Waals surface area contributed by atoms with Crippen LogP contribution < -0.4 is 9.62 Å². The number of carbonyl (C=O) groups excluding carboxylic acids is 1. The van der Waals surface area contributed by atoms with Gasteiger partial charge in [0.15, 0.2) is 0 Å². The fourth-order valence-electron chi connectivity index (χ4n) is 3.11. The lowest BCUT2D eigenvalue weighted by Gasteiger charge is -2.26. The van der Waals surface area contributed by atoms with Gasteiger partial charge in [-0.2, -0.15) is 4.31 Å². The third-order valence-electron chi connectivity index (χ3n) is 5.03. The smallest absolute Gasteiger partial charge is 0.255 e. The Morgan fingerprint density at radius 2 is 1.74 bits per heavy atom. The highest BCUT2D eigenvalue weighted by Gasteiger charge is 2.27. The SMILES string of the molecule is Cc1ccc(S(=O)(=O)N2CCOCC2)cc1C(=O)Nc1cccc(N(C)S(C)(=O)=O)c1. The van der Waals surface area contributed by atoms with E-state index in [1.54, 1.807) is 31.2 Å². The largest absolute Gasteiger partial charge is 0.379 e. The molecule has 1 N–H and O–H groups in total. The fraction of sp³-hybridized carbons (Fsp3) is 0.350. The van der Waals surface area contributed by atoms with Gasteiger partial charge in [0.2, 0.25) is 20.0 Å². The molecule has 0 atom stereocenters. The molecule has 3 rings (SSSR count). The first-order valence-electron chi connectivity index (χ1n) is 9.54. The van der Waals surface area contributed by atoms with E-state index in [0.717, 1.165) is 10.6 Å². The van der Waals surface area contributed by atoms with Crippen LogP contribution >= 0.6 is 0 Å². The molecule has 9 nitrogen and oxygen atoms in total. The van der Waals surface area contributed by atoms with E-state index in [2.05, 4.69) is 5.32 Å². The van der Waals surface area contributed by atoms with E-state index in [4.69, 9.17) is 4.74 Å². The highest BCUT2D eigenvalue weighted by Crippen LogP contribution is 2.24. The fourth-order valence-corrected chi connectivity index (χ4v) is 5.04. The summed E-state index contributed by atoms with van der Waals surface area (Å²) in [6.07, 6.45) is 1.09. The first-order chi connectivity index (χ1) is 14.5. The van der Waals surface area contributed by atoms with Crippen molar-refractivity contribution in [3.63, 3.8) is 0 Å². The minimum Gasteiger partial charge on any atom is -0.379 e. The number of anilines is 2. The first-order valence-corrected chi connectivity index (χ1v) is 12.8. The molecule has 0 saturated carbocycles. The van der Waals surface area contributed by atoms with Crippen molar-refractivity contribution in [2.24, 2.45) is 0 Å². The quantitative estimate of drug-likeness (QED) is 0.691. The summed E-state index contributed by atoms with van der Waals surface area (Å²) in [5, 5.41) is 2.72. The molecule has 0 unspecified atom stereocenters. The standard InChI is InChI=1S/C20H25N3O6S2/c1-15-7-8-18(31(27,28)23-9-11-29-12-10-23)14-19(15)20(24)21-16-5-4-6-17(13-16)22(2)30(3,25)26/h4-8,13-14H,9-12H2,1-3H3,(H,21,24). The molecular weight excluding hydrogens is 442 g/mol. The minimum absolute atomic E-state index is 0.0377. The van der Waals surface area contributed by atoms with Crippen LogP contribution in [-0.2, 0) is 24.8 Å². The highest BCUT2D eigenvalue weighted by atomic mass is 32.2. The van der Waals surface area contributed by atoms with Crippen LogP contribution in [0, 0.1) is 6.92 Å². The zero-order chi connectivity index (χ0) is 22.8. The molecule has 1 saturated heterocycles. The van der Waals surface area contributed by atoms with E-state index < -0.39 is 26.0 Å². The Kier molecular flexibility index (Phi) is 6.70. The average Bonchev–Trinajstić information content (AvgIpc) is 2.73. The molecule has 168 valence electrons. The predicted molar refractivity (Wildman–Crippen MR) is 118 cm³/mol. The van der Waals surface area contributed by atoms with Gasteiger partial charge in [-0.25, -0.2) is 16.8 Å². The molecule has 0 aromatic heterocycles. The molecule has 1 aliphatic rings. The lowest BCUT2D eigenvalue weighted by molar-refractivity contribution is 0.0730. The van der Waals surface area contributed by atoms with Gasteiger partial charge in [0.25, 0.3) is 5.91 Å². The molecule has 1 heterocycles. The maximum atomic E-state index is 12.9. The molecule has 1 aliphatic heterocycles. The molecular formula is C20H25N3O6S2. The number of nitrogens with zero attached hydrogens (tertiary/aromatic N) is 2. The van der Waals surface area contributed by atoms with Gasteiger partial charge < -0.3 is 10.1 Å². The van der Waals surface area contributed by atoms with Crippen molar-refractivity contribution >= 4 is 37.3 Å². The first kappa shape index (κ1) is 23.2. The Labute approximate surface area is 182 Å². The van der Waals surface area contributed by atoms with Gasteiger partial charge in [-0.1, -0.05) is 12.1 Å². The van der Waals surface area contributed by atoms with E-state index in [1.807, 2.05) is 0 Å². The molecule has 0 bridgehead atoms. The molecule has 1 amide bonds. The van der Waals surface area contributed by atoms with Gasteiger partial charge in [0.1, 0.15) is 0 Å². The van der Waals surface area contributed by atoms with E-state index in [-0.39, 0.29) is 23.5 Å². The second kappa shape index (κ2) is 8.95. The number of carbonyl (C=O) groups is 1. The number of morpholine rings is 1. The lowest BCUT2D eigenvalue weighted by atomic mass is 10.1. The van der Waals surface area contributed by atoms with Crippen molar-refractivity contribution in [1.29, 1.82) is 0 Å². The van der Waals surface area contributed by atoms with E-state index in [1.165, 1.54) is 29.6 Å². The second-order valence-electron chi connectivity index (χ2n) is 7.23. The van der Waals surface area contributed by atoms with Gasteiger partial charge in [0, 0.05) is 31.4 Å². The topological polar surface area (TPSA) is 113 Å². The predicted octanol–water partition coefficient (Wildman–Crippen LogP) is 1.66. The highest BCUT2D eigenvalue weighted by molar-refractivity contribution is 7.92. The van der Waals surface area contributed by atoms with Crippen LogP contribution in [0.15, 0.2) is 47.4 Å². The van der Waals surface area contributed by atoms with Crippen molar-refractivity contribution in [1.82, 2.24) is 4.31 Å². The van der Waals surface area contributed by atoms with Crippen LogP contribution in [0.2, 0.25) is 0 Å².